The number of benzene rings is 2. The lowest BCUT2D eigenvalue weighted by Crippen LogP contribution is -2.38. The third kappa shape index (κ3) is 7.13. The van der Waals surface area contributed by atoms with E-state index < -0.39 is 65.1 Å². The van der Waals surface area contributed by atoms with Gasteiger partial charge in [-0.15, -0.1) is 13.2 Å². The van der Waals surface area contributed by atoms with Crippen LogP contribution in [-0.4, -0.2) is 54.7 Å². The molecule has 2 heterocycles. The van der Waals surface area contributed by atoms with E-state index >= 15 is 8.78 Å². The summed E-state index contributed by atoms with van der Waals surface area (Å²) in [5, 5.41) is 11.9. The van der Waals surface area contributed by atoms with E-state index in [-0.39, 0.29) is 42.6 Å². The van der Waals surface area contributed by atoms with E-state index in [0.717, 1.165) is 41.3 Å². The molecular weight excluding hydrogens is 581 g/mol. The van der Waals surface area contributed by atoms with Crippen LogP contribution in [0.1, 0.15) is 28.8 Å². The van der Waals surface area contributed by atoms with Crippen molar-refractivity contribution in [2.24, 2.45) is 11.8 Å². The van der Waals surface area contributed by atoms with Crippen LogP contribution in [0.4, 0.5) is 27.6 Å². The van der Waals surface area contributed by atoms with Crippen LogP contribution in [-0.2, 0) is 11.3 Å². The van der Waals surface area contributed by atoms with Crippen molar-refractivity contribution < 1.29 is 46.1 Å². The fourth-order valence-corrected chi connectivity index (χ4v) is 4.94. The minimum absolute atomic E-state index is 0.0500. The number of hydrogen-bond donors (Lipinski definition) is 2. The highest BCUT2D eigenvalue weighted by Crippen LogP contribution is 2.39. The van der Waals surface area contributed by atoms with Gasteiger partial charge in [0.05, 0.1) is 13.0 Å². The maximum absolute atomic E-state index is 15.2. The van der Waals surface area contributed by atoms with Crippen LogP contribution in [0.15, 0.2) is 59.5 Å². The van der Waals surface area contributed by atoms with Gasteiger partial charge in [0.25, 0.3) is 11.5 Å². The highest BCUT2D eigenvalue weighted by Gasteiger charge is 2.45. The third-order valence-electron chi connectivity index (χ3n) is 7.05. The lowest BCUT2D eigenvalue weighted by Gasteiger charge is -2.19. The van der Waals surface area contributed by atoms with Crippen molar-refractivity contribution in [3.63, 3.8) is 0 Å². The first-order chi connectivity index (χ1) is 20.3. The fraction of sp³-hybridized carbons (Fsp3) is 0.345. The molecule has 2 unspecified atom stereocenters. The molecule has 0 radical (unpaired) electrons. The van der Waals surface area contributed by atoms with Gasteiger partial charge in [-0.1, -0.05) is 6.92 Å². The summed E-state index contributed by atoms with van der Waals surface area (Å²) in [6, 6.07) is 8.87. The Balaban J connectivity index is 1.64. The molecule has 230 valence electrons. The summed E-state index contributed by atoms with van der Waals surface area (Å²) in [5.41, 5.74) is -1.10. The van der Waals surface area contributed by atoms with Gasteiger partial charge < -0.3 is 29.4 Å². The van der Waals surface area contributed by atoms with Crippen molar-refractivity contribution >= 4 is 17.5 Å². The molecule has 2 aromatic carbocycles. The second kappa shape index (κ2) is 12.8. The molecule has 2 amide bonds. The van der Waals surface area contributed by atoms with Crippen molar-refractivity contribution in [1.29, 1.82) is 0 Å². The van der Waals surface area contributed by atoms with Crippen LogP contribution >= 0.6 is 0 Å². The van der Waals surface area contributed by atoms with E-state index in [9.17, 15) is 32.7 Å². The number of amides is 2. The number of alkyl halides is 3. The lowest BCUT2D eigenvalue weighted by molar-refractivity contribution is -0.274. The van der Waals surface area contributed by atoms with Gasteiger partial charge in [-0.3, -0.25) is 14.4 Å². The van der Waals surface area contributed by atoms with E-state index in [1.54, 1.807) is 6.92 Å². The van der Waals surface area contributed by atoms with E-state index in [1.165, 1.54) is 30.0 Å². The van der Waals surface area contributed by atoms with Crippen molar-refractivity contribution in [2.75, 3.05) is 31.7 Å². The molecule has 14 heteroatoms. The van der Waals surface area contributed by atoms with Gasteiger partial charge in [-0.05, 0) is 42.3 Å². The number of pyridine rings is 1. The van der Waals surface area contributed by atoms with E-state index in [0.29, 0.717) is 0 Å². The average molecular weight is 610 g/mol. The van der Waals surface area contributed by atoms with Crippen molar-refractivity contribution in [2.45, 2.75) is 25.7 Å². The number of anilines is 1. The van der Waals surface area contributed by atoms with Gasteiger partial charge in [-0.2, -0.15) is 0 Å². The second-order valence-electron chi connectivity index (χ2n) is 10.1. The van der Waals surface area contributed by atoms with E-state index in [1.807, 2.05) is 0 Å². The van der Waals surface area contributed by atoms with Gasteiger partial charge >= 0.3 is 6.36 Å². The molecule has 3 atom stereocenters. The maximum Gasteiger partial charge on any atom is 0.573 e. The first-order valence-electron chi connectivity index (χ1n) is 13.1. The Hall–Kier alpha value is -4.46. The summed E-state index contributed by atoms with van der Waals surface area (Å²) < 4.78 is 77.8. The van der Waals surface area contributed by atoms with Gasteiger partial charge in [0.1, 0.15) is 28.8 Å². The molecule has 0 aliphatic carbocycles. The summed E-state index contributed by atoms with van der Waals surface area (Å²) in [6.07, 6.45) is -3.43. The predicted molar refractivity (Wildman–Crippen MR) is 144 cm³/mol. The number of carbonyl (C=O) groups is 2. The molecular formula is C29H28F5N3O6. The SMILES string of the molecule is COc1cc(F)c([C@@H]2CN(c3cccn(CC(C)CO)c3=O)C(=O)C2CNC(=O)c2ccc(OC(F)(F)F)cc2)c(F)c1. The van der Waals surface area contributed by atoms with E-state index in [4.69, 9.17) is 4.74 Å². The minimum atomic E-state index is -4.92. The number of halogens is 5. The second-order valence-corrected chi connectivity index (χ2v) is 10.1. The van der Waals surface area contributed by atoms with Gasteiger partial charge in [0.2, 0.25) is 5.91 Å². The number of nitrogens with one attached hydrogen (secondary N) is 1. The van der Waals surface area contributed by atoms with Crippen molar-refractivity contribution in [3.05, 3.63) is 87.8 Å². The summed E-state index contributed by atoms with van der Waals surface area (Å²) in [5.74, 6) is -6.70. The Kier molecular flexibility index (Phi) is 9.38. The Labute approximate surface area is 242 Å². The van der Waals surface area contributed by atoms with Crippen LogP contribution in [0, 0.1) is 23.5 Å². The number of aliphatic hydroxyl groups is 1. The summed E-state index contributed by atoms with van der Waals surface area (Å²) in [7, 11) is 1.23. The number of carbonyl (C=O) groups excluding carboxylic acids is 2. The van der Waals surface area contributed by atoms with Crippen LogP contribution in [0.3, 0.4) is 0 Å². The molecule has 9 nitrogen and oxygen atoms in total. The normalized spacial score (nSPS) is 17.6. The number of rotatable bonds is 10. The first-order valence-corrected chi connectivity index (χ1v) is 13.1. The number of hydrogen-bond acceptors (Lipinski definition) is 6. The lowest BCUT2D eigenvalue weighted by atomic mass is 9.87. The molecule has 4 rings (SSSR count). The van der Waals surface area contributed by atoms with Gasteiger partial charge in [0, 0.05) is 61.6 Å². The molecule has 1 aromatic heterocycles. The van der Waals surface area contributed by atoms with Gasteiger partial charge in [0.15, 0.2) is 0 Å². The Morgan fingerprint density at radius 1 is 1.09 bits per heavy atom. The number of ether oxygens (including phenoxy) is 2. The van der Waals surface area contributed by atoms with Gasteiger partial charge in [-0.25, -0.2) is 8.78 Å². The first kappa shape index (κ1) is 31.5. The van der Waals surface area contributed by atoms with Crippen LogP contribution in [0.5, 0.6) is 11.5 Å². The molecule has 0 spiro atoms. The fourth-order valence-electron chi connectivity index (χ4n) is 4.94. The molecule has 43 heavy (non-hydrogen) atoms. The average Bonchev–Trinajstić information content (AvgIpc) is 3.26. The number of aliphatic hydroxyl groups excluding tert-OH is 1. The molecule has 1 fully saturated rings. The van der Waals surface area contributed by atoms with Crippen molar-refractivity contribution in [3.8, 4) is 11.5 Å². The zero-order valence-electron chi connectivity index (χ0n) is 23.0. The molecule has 1 saturated heterocycles. The smallest absolute Gasteiger partial charge is 0.497 e. The monoisotopic (exact) mass is 609 g/mol. The van der Waals surface area contributed by atoms with Crippen LogP contribution < -0.4 is 25.2 Å². The topological polar surface area (TPSA) is 110 Å². The van der Waals surface area contributed by atoms with E-state index in [2.05, 4.69) is 10.1 Å². The predicted octanol–water partition coefficient (Wildman–Crippen LogP) is 3.84. The molecule has 0 bridgehead atoms. The number of nitrogens with zero attached hydrogens (tertiary/aromatic N) is 2. The molecule has 1 aliphatic rings. The Bertz CT molecular complexity index is 1520. The zero-order valence-corrected chi connectivity index (χ0v) is 23.0. The highest BCUT2D eigenvalue weighted by atomic mass is 19.4. The summed E-state index contributed by atoms with van der Waals surface area (Å²) in [4.78, 5) is 40.9. The summed E-state index contributed by atoms with van der Waals surface area (Å²) in [6.45, 7) is 0.992. The third-order valence-corrected chi connectivity index (χ3v) is 7.05. The molecule has 0 saturated carbocycles. The molecule has 3 aromatic rings. The van der Waals surface area contributed by atoms with Crippen LogP contribution in [0.25, 0.3) is 0 Å². The molecule has 2 N–H and O–H groups in total. The quantitative estimate of drug-likeness (QED) is 0.338. The Morgan fingerprint density at radius 2 is 1.74 bits per heavy atom. The zero-order chi connectivity index (χ0) is 31.5. The highest BCUT2D eigenvalue weighted by molar-refractivity contribution is 5.99. The Morgan fingerprint density at radius 3 is 2.33 bits per heavy atom. The molecule has 1 aliphatic heterocycles. The standard InChI is InChI=1S/C29H28F5N3O6/c1-16(15-38)13-36-9-3-4-24(28(36)41)37-14-21(25-22(30)10-19(42-2)11-23(25)31)20(27(37)40)12-35-26(39)17-5-7-18(8-6-17)43-29(32,33)34/h3-11,16,20-21,38H,12-15H2,1-2H3,(H,35,39)/t16?,20?,21-/m1/s1. The minimum Gasteiger partial charge on any atom is -0.497 e. The maximum atomic E-state index is 15.2. The largest absolute Gasteiger partial charge is 0.573 e. The van der Waals surface area contributed by atoms with Crippen molar-refractivity contribution in [1.82, 2.24) is 9.88 Å². The summed E-state index contributed by atoms with van der Waals surface area (Å²) >= 11 is 0. The number of aromatic nitrogens is 1. The number of methoxy groups -OCH3 is 1. The van der Waals surface area contributed by atoms with Crippen LogP contribution in [0.2, 0.25) is 0 Å².